The van der Waals surface area contributed by atoms with Crippen LogP contribution in [0.2, 0.25) is 0 Å². The number of Topliss-reactive ketones (excluding diaryl/α,β-unsaturated/α-hetero) is 1. The molecule has 3 rings (SSSR count). The van der Waals surface area contributed by atoms with Gasteiger partial charge in [-0.2, -0.15) is 0 Å². The number of carbonyl (C=O) groups is 4. The van der Waals surface area contributed by atoms with Crippen LogP contribution >= 0.6 is 0 Å². The van der Waals surface area contributed by atoms with E-state index in [0.717, 1.165) is 0 Å². The molecule has 7 heteroatoms. The molecule has 0 aromatic rings. The molecule has 0 aromatic carbocycles. The first-order valence-electron chi connectivity index (χ1n) is 8.46. The molecule has 0 radical (unpaired) electrons. The Morgan fingerprint density at radius 2 is 1.88 bits per heavy atom. The molecular formula is C19H22O7. The number of esters is 2. The quantitative estimate of drug-likeness (QED) is 0.684. The number of methoxy groups -OCH3 is 2. The van der Waals surface area contributed by atoms with Crippen LogP contribution in [0.4, 0.5) is 0 Å². The Kier molecular flexibility index (Phi) is 4.18. The fourth-order valence-corrected chi connectivity index (χ4v) is 4.67. The van der Waals surface area contributed by atoms with Gasteiger partial charge in [-0.15, -0.1) is 0 Å². The van der Waals surface area contributed by atoms with Crippen molar-refractivity contribution in [3.8, 4) is 0 Å². The van der Waals surface area contributed by atoms with Crippen LogP contribution in [0.15, 0.2) is 23.3 Å². The fraction of sp³-hybridized carbons (Fsp3) is 0.579. The Balaban J connectivity index is 2.32. The maximum absolute atomic E-state index is 13.0. The van der Waals surface area contributed by atoms with Crippen molar-refractivity contribution in [2.75, 3.05) is 14.2 Å². The van der Waals surface area contributed by atoms with E-state index in [2.05, 4.69) is 0 Å². The van der Waals surface area contributed by atoms with Gasteiger partial charge in [0.1, 0.15) is 5.78 Å². The minimum Gasteiger partial charge on any atom is -0.469 e. The summed E-state index contributed by atoms with van der Waals surface area (Å²) in [4.78, 5) is 50.3. The third kappa shape index (κ3) is 2.23. The molecule has 0 saturated heterocycles. The van der Waals surface area contributed by atoms with Crippen LogP contribution < -0.4 is 0 Å². The number of hydrogen-bond acceptors (Lipinski definition) is 7. The maximum Gasteiger partial charge on any atom is 0.333 e. The van der Waals surface area contributed by atoms with E-state index < -0.39 is 40.9 Å². The van der Waals surface area contributed by atoms with Crippen molar-refractivity contribution in [2.45, 2.75) is 33.0 Å². The van der Waals surface area contributed by atoms with Crippen LogP contribution in [0.1, 0.15) is 27.2 Å². The van der Waals surface area contributed by atoms with Gasteiger partial charge < -0.3 is 14.2 Å². The lowest BCUT2D eigenvalue weighted by atomic mass is 9.51. The predicted octanol–water partition coefficient (Wildman–Crippen LogP) is 1.36. The van der Waals surface area contributed by atoms with Gasteiger partial charge in [0.25, 0.3) is 0 Å². The van der Waals surface area contributed by atoms with Crippen molar-refractivity contribution in [3.05, 3.63) is 23.3 Å². The van der Waals surface area contributed by atoms with Crippen LogP contribution in [-0.2, 0) is 33.4 Å². The normalized spacial score (nSPS) is 39.3. The predicted molar refractivity (Wildman–Crippen MR) is 88.6 cm³/mol. The molecule has 1 aliphatic heterocycles. The lowest BCUT2D eigenvalue weighted by Gasteiger charge is -2.56. The largest absolute Gasteiger partial charge is 0.469 e. The van der Waals surface area contributed by atoms with Gasteiger partial charge in [-0.1, -0.05) is 13.8 Å². The summed E-state index contributed by atoms with van der Waals surface area (Å²) in [6.07, 6.45) is 2.60. The molecule has 0 bridgehead atoms. The molecule has 3 aliphatic rings. The zero-order valence-electron chi connectivity index (χ0n) is 15.5. The van der Waals surface area contributed by atoms with Crippen molar-refractivity contribution in [1.82, 2.24) is 0 Å². The molecule has 2 aliphatic carbocycles. The van der Waals surface area contributed by atoms with Gasteiger partial charge in [0.15, 0.2) is 5.78 Å². The summed E-state index contributed by atoms with van der Waals surface area (Å²) < 4.78 is 16.2. The average Bonchev–Trinajstić information content (AvgIpc) is 2.58. The van der Waals surface area contributed by atoms with Crippen molar-refractivity contribution in [1.29, 1.82) is 0 Å². The molecule has 0 aromatic heterocycles. The summed E-state index contributed by atoms with van der Waals surface area (Å²) in [5.74, 6) is -5.90. The minimum absolute atomic E-state index is 0.0552. The highest BCUT2D eigenvalue weighted by Crippen LogP contribution is 2.58. The molecule has 7 nitrogen and oxygen atoms in total. The number of ketones is 2. The van der Waals surface area contributed by atoms with Crippen LogP contribution in [0, 0.1) is 23.2 Å². The number of allylic oxidation sites excluding steroid dienone is 1. The van der Waals surface area contributed by atoms with Crippen molar-refractivity contribution in [3.63, 3.8) is 0 Å². The monoisotopic (exact) mass is 362 g/mol. The molecule has 1 heterocycles. The molecular weight excluding hydrogens is 340 g/mol. The summed E-state index contributed by atoms with van der Waals surface area (Å²) in [6.45, 7) is 4.93. The average molecular weight is 362 g/mol. The summed E-state index contributed by atoms with van der Waals surface area (Å²) in [5, 5.41) is 0. The van der Waals surface area contributed by atoms with Crippen LogP contribution in [0.25, 0.3) is 0 Å². The molecule has 26 heavy (non-hydrogen) atoms. The molecule has 140 valence electrons. The Morgan fingerprint density at radius 1 is 1.23 bits per heavy atom. The van der Waals surface area contributed by atoms with Crippen molar-refractivity contribution < 1.29 is 33.4 Å². The van der Waals surface area contributed by atoms with Gasteiger partial charge in [0.05, 0.1) is 18.9 Å². The van der Waals surface area contributed by atoms with Crippen LogP contribution in [0.5, 0.6) is 0 Å². The Morgan fingerprint density at radius 3 is 2.46 bits per heavy atom. The lowest BCUT2D eigenvalue weighted by Crippen LogP contribution is -2.66. The first-order chi connectivity index (χ1) is 12.1. The molecule has 0 amide bonds. The van der Waals surface area contributed by atoms with E-state index in [0.29, 0.717) is 11.1 Å². The standard InChI is InChI=1S/C19H22O7/c1-9-6-14(22)26-19(25-5)11(9)7-13(21)18(3)8-12(20)10(2)15(16(18)19)17(23)24-4/h6-7,10,15-16H,8H2,1-5H3/t10?,15?,16-,18-,19+/m1/s1. The highest BCUT2D eigenvalue weighted by molar-refractivity contribution is 6.04. The van der Waals surface area contributed by atoms with E-state index >= 15 is 0 Å². The molecule has 0 N–H and O–H groups in total. The minimum atomic E-state index is -1.62. The molecule has 5 atom stereocenters. The molecule has 1 fully saturated rings. The van der Waals surface area contributed by atoms with E-state index in [1.807, 2.05) is 0 Å². The van der Waals surface area contributed by atoms with Gasteiger partial charge >= 0.3 is 11.9 Å². The van der Waals surface area contributed by atoms with Gasteiger partial charge in [0, 0.05) is 36.5 Å². The highest BCUT2D eigenvalue weighted by Gasteiger charge is 2.68. The molecule has 2 unspecified atom stereocenters. The first-order valence-corrected chi connectivity index (χ1v) is 8.46. The molecule has 1 saturated carbocycles. The topological polar surface area (TPSA) is 96.0 Å². The zero-order chi connectivity index (χ0) is 19.4. The smallest absolute Gasteiger partial charge is 0.333 e. The maximum atomic E-state index is 13.0. The van der Waals surface area contributed by atoms with E-state index in [1.165, 1.54) is 26.4 Å². The number of hydrogen-bond donors (Lipinski definition) is 0. The van der Waals surface area contributed by atoms with E-state index in [-0.39, 0.29) is 18.0 Å². The first kappa shape index (κ1) is 18.5. The summed E-state index contributed by atoms with van der Waals surface area (Å²) in [7, 11) is 2.59. The van der Waals surface area contributed by atoms with E-state index in [1.54, 1.807) is 20.8 Å². The van der Waals surface area contributed by atoms with E-state index in [4.69, 9.17) is 14.2 Å². The van der Waals surface area contributed by atoms with Gasteiger partial charge in [0.2, 0.25) is 5.79 Å². The SMILES string of the molecule is COC(=O)C1C(C)C(=O)C[C@]2(C)C(=O)C=C3C(C)=CC(=O)O[C@]3(OC)[C@H]12. The molecule has 0 spiro atoms. The van der Waals surface area contributed by atoms with E-state index in [9.17, 15) is 19.2 Å². The summed E-state index contributed by atoms with van der Waals surface area (Å²) in [6, 6.07) is 0. The van der Waals surface area contributed by atoms with Gasteiger partial charge in [-0.25, -0.2) is 4.79 Å². The van der Waals surface area contributed by atoms with Gasteiger partial charge in [-0.3, -0.25) is 14.4 Å². The van der Waals surface area contributed by atoms with Crippen LogP contribution in [0.3, 0.4) is 0 Å². The summed E-state index contributed by atoms with van der Waals surface area (Å²) >= 11 is 0. The number of carbonyl (C=O) groups excluding carboxylic acids is 4. The number of ether oxygens (including phenoxy) is 3. The third-order valence-electron chi connectivity index (χ3n) is 6.04. The van der Waals surface area contributed by atoms with Crippen LogP contribution in [-0.4, -0.2) is 43.5 Å². The zero-order valence-corrected chi connectivity index (χ0v) is 15.5. The summed E-state index contributed by atoms with van der Waals surface area (Å²) in [5.41, 5.74) is -0.297. The number of fused-ring (bicyclic) bond motifs is 3. The lowest BCUT2D eigenvalue weighted by molar-refractivity contribution is -0.258. The van der Waals surface area contributed by atoms with Gasteiger partial charge in [-0.05, 0) is 18.6 Å². The second-order valence-corrected chi connectivity index (χ2v) is 7.42. The Labute approximate surface area is 151 Å². The second kappa shape index (κ2) is 5.87. The second-order valence-electron chi connectivity index (χ2n) is 7.42. The Hall–Kier alpha value is -2.28. The van der Waals surface area contributed by atoms with Crippen molar-refractivity contribution in [2.24, 2.45) is 23.2 Å². The van der Waals surface area contributed by atoms with Crippen molar-refractivity contribution >= 4 is 23.5 Å². The highest BCUT2D eigenvalue weighted by atomic mass is 16.7. The third-order valence-corrected chi connectivity index (χ3v) is 6.04. The Bertz CT molecular complexity index is 777. The number of rotatable bonds is 2. The fourth-order valence-electron chi connectivity index (χ4n) is 4.67.